The fraction of sp³-hybridized carbons (Fsp3) is 0.634. The number of hydrogen-bond donors (Lipinski definition) is 1. The summed E-state index contributed by atoms with van der Waals surface area (Å²) < 4.78 is 43.0. The number of carbonyl (C=O) groups is 1. The Kier molecular flexibility index (Phi) is 10.8. The van der Waals surface area contributed by atoms with Crippen LogP contribution in [0.3, 0.4) is 0 Å². The highest BCUT2D eigenvalue weighted by Gasteiger charge is 2.49. The van der Waals surface area contributed by atoms with Crippen LogP contribution >= 0.6 is 11.6 Å². The normalized spacial score (nSPS) is 34.6. The molecule has 11 heteroatoms. The van der Waals surface area contributed by atoms with Crippen LogP contribution in [0.25, 0.3) is 0 Å². The molecular formula is C41H57ClN4O5S. The van der Waals surface area contributed by atoms with Crippen molar-refractivity contribution < 1.29 is 22.7 Å². The number of hydrogen-bond acceptors (Lipinski definition) is 8. The number of piperazine rings is 1. The number of rotatable bonds is 4. The molecule has 1 saturated heterocycles. The summed E-state index contributed by atoms with van der Waals surface area (Å²) in [6.07, 6.45) is 11.0. The number of carbonyl (C=O) groups excluding carboxylic acids is 1. The second kappa shape index (κ2) is 14.9. The molecule has 1 amide bonds. The van der Waals surface area contributed by atoms with Gasteiger partial charge in [0, 0.05) is 68.4 Å². The summed E-state index contributed by atoms with van der Waals surface area (Å²) in [6.45, 7) is 12.1. The summed E-state index contributed by atoms with van der Waals surface area (Å²) in [5, 5.41) is -0.0193. The molecule has 7 atom stereocenters. The number of likely N-dealkylation sites (N-methyl/N-ethyl adjacent to an activating group) is 1. The molecule has 0 unspecified atom stereocenters. The monoisotopic (exact) mass is 752 g/mol. The molecule has 52 heavy (non-hydrogen) atoms. The topological polar surface area (TPSA) is 91.4 Å². The zero-order chi connectivity index (χ0) is 36.8. The lowest BCUT2D eigenvalue weighted by molar-refractivity contribution is -0.0863. The van der Waals surface area contributed by atoms with Crippen LogP contribution in [0.5, 0.6) is 5.75 Å². The largest absolute Gasteiger partial charge is 0.490 e. The number of methoxy groups -OCH3 is 1. The first kappa shape index (κ1) is 37.7. The Morgan fingerprint density at radius 2 is 1.90 bits per heavy atom. The van der Waals surface area contributed by atoms with E-state index < -0.39 is 26.8 Å². The lowest BCUT2D eigenvalue weighted by Gasteiger charge is -2.51. The highest BCUT2D eigenvalue weighted by molar-refractivity contribution is 7.90. The molecule has 1 saturated carbocycles. The molecular weight excluding hydrogens is 696 g/mol. The Morgan fingerprint density at radius 3 is 2.65 bits per heavy atom. The van der Waals surface area contributed by atoms with Crippen molar-refractivity contribution in [2.75, 3.05) is 64.9 Å². The lowest BCUT2D eigenvalue weighted by atomic mass is 9.62. The number of allylic oxidation sites excluding steroid dienone is 1. The van der Waals surface area contributed by atoms with Crippen LogP contribution in [0.1, 0.15) is 80.8 Å². The van der Waals surface area contributed by atoms with Gasteiger partial charge in [-0.1, -0.05) is 36.7 Å². The van der Waals surface area contributed by atoms with Gasteiger partial charge in [-0.2, -0.15) is 0 Å². The predicted octanol–water partition coefficient (Wildman–Crippen LogP) is 6.29. The van der Waals surface area contributed by atoms with Gasteiger partial charge >= 0.3 is 0 Å². The van der Waals surface area contributed by atoms with Gasteiger partial charge in [0.05, 0.1) is 23.1 Å². The number of nitrogens with one attached hydrogen (secondary N) is 1. The van der Waals surface area contributed by atoms with Gasteiger partial charge < -0.3 is 19.3 Å². The highest BCUT2D eigenvalue weighted by Crippen LogP contribution is 2.50. The number of benzene rings is 2. The second-order valence-electron chi connectivity index (χ2n) is 16.6. The van der Waals surface area contributed by atoms with Gasteiger partial charge in [0.2, 0.25) is 10.0 Å². The smallest absolute Gasteiger partial charge is 0.264 e. The summed E-state index contributed by atoms with van der Waals surface area (Å²) in [6, 6.07) is 12.1. The van der Waals surface area contributed by atoms with Gasteiger partial charge in [-0.05, 0) is 125 Å². The van der Waals surface area contributed by atoms with E-state index in [0.717, 1.165) is 94.3 Å². The maximum Gasteiger partial charge on any atom is 0.264 e. The minimum atomic E-state index is -3.95. The van der Waals surface area contributed by atoms with Gasteiger partial charge in [0.25, 0.3) is 5.91 Å². The van der Waals surface area contributed by atoms with E-state index in [0.29, 0.717) is 30.6 Å². The molecule has 284 valence electrons. The van der Waals surface area contributed by atoms with Gasteiger partial charge in [0.15, 0.2) is 0 Å². The molecule has 2 aromatic rings. The summed E-state index contributed by atoms with van der Waals surface area (Å²) >= 11 is 6.50. The molecule has 2 bridgehead atoms. The second-order valence-corrected chi connectivity index (χ2v) is 19.1. The summed E-state index contributed by atoms with van der Waals surface area (Å²) in [5.74, 6) is 0.540. The first-order chi connectivity index (χ1) is 24.8. The van der Waals surface area contributed by atoms with Crippen molar-refractivity contribution in [2.45, 2.75) is 88.0 Å². The lowest BCUT2D eigenvalue weighted by Crippen LogP contribution is -2.55. The predicted molar refractivity (Wildman–Crippen MR) is 208 cm³/mol. The van der Waals surface area contributed by atoms with Crippen LogP contribution in [0, 0.1) is 17.8 Å². The molecule has 1 N–H and O–H groups in total. The van der Waals surface area contributed by atoms with Crippen LogP contribution in [-0.4, -0.2) is 101 Å². The van der Waals surface area contributed by atoms with Gasteiger partial charge in [0.1, 0.15) is 5.75 Å². The molecule has 3 aliphatic heterocycles. The number of fused-ring (bicyclic) bond motifs is 4. The number of anilines is 1. The van der Waals surface area contributed by atoms with Crippen molar-refractivity contribution in [3.8, 4) is 5.75 Å². The van der Waals surface area contributed by atoms with Crippen LogP contribution in [-0.2, 0) is 26.6 Å². The molecule has 2 aliphatic carbocycles. The first-order valence-electron chi connectivity index (χ1n) is 19.4. The fourth-order valence-corrected chi connectivity index (χ4v) is 11.3. The maximum absolute atomic E-state index is 13.6. The molecule has 7 rings (SSSR count). The van der Waals surface area contributed by atoms with Crippen LogP contribution in [0.4, 0.5) is 5.69 Å². The van der Waals surface area contributed by atoms with E-state index in [1.54, 1.807) is 13.0 Å². The zero-order valence-corrected chi connectivity index (χ0v) is 33.1. The highest BCUT2D eigenvalue weighted by atomic mass is 35.5. The van der Waals surface area contributed by atoms with Crippen molar-refractivity contribution >= 4 is 33.2 Å². The molecule has 1 spiro atoms. The van der Waals surface area contributed by atoms with Gasteiger partial charge in [-0.25, -0.2) is 13.1 Å². The number of nitrogens with zero attached hydrogens (tertiary/aromatic N) is 3. The number of sulfonamides is 1. The molecule has 9 nitrogen and oxygen atoms in total. The SMILES string of the molecule is CO[C@@]1(CCN2CCN(C)C[C@H]2C)/C=C/C[C@H](C)[C@@H](C)S(=O)(=O)NC(=O)c2ccc3c(c2)N(C[C@@H]2CC[C@H]21)C[C@@]1(CCCc2cc(Cl)ccc21)CO3. The van der Waals surface area contributed by atoms with Crippen LogP contribution in [0.15, 0.2) is 48.6 Å². The summed E-state index contributed by atoms with van der Waals surface area (Å²) in [5.41, 5.74) is 2.97. The first-order valence-corrected chi connectivity index (χ1v) is 21.3. The van der Waals surface area contributed by atoms with E-state index >= 15 is 0 Å². The Balaban J connectivity index is 1.29. The average Bonchev–Trinajstić information content (AvgIpc) is 3.25. The van der Waals surface area contributed by atoms with Crippen molar-refractivity contribution in [1.29, 1.82) is 0 Å². The fourth-order valence-electron chi connectivity index (χ4n) is 9.77. The van der Waals surface area contributed by atoms with Crippen LogP contribution < -0.4 is 14.4 Å². The Labute approximate surface area is 316 Å². The van der Waals surface area contributed by atoms with E-state index in [4.69, 9.17) is 21.1 Å². The third-order valence-electron chi connectivity index (χ3n) is 13.4. The number of amides is 1. The van der Waals surface area contributed by atoms with Crippen molar-refractivity contribution in [2.24, 2.45) is 17.8 Å². The van der Waals surface area contributed by atoms with E-state index in [1.807, 2.05) is 32.2 Å². The summed E-state index contributed by atoms with van der Waals surface area (Å²) in [4.78, 5) is 21.1. The Morgan fingerprint density at radius 1 is 1.08 bits per heavy atom. The molecule has 2 fully saturated rings. The van der Waals surface area contributed by atoms with Gasteiger partial charge in [-0.3, -0.25) is 9.69 Å². The Bertz CT molecular complexity index is 1790. The van der Waals surface area contributed by atoms with E-state index in [1.165, 1.54) is 11.1 Å². The van der Waals surface area contributed by atoms with E-state index in [-0.39, 0.29) is 17.3 Å². The molecule has 0 radical (unpaired) electrons. The molecule has 2 aromatic carbocycles. The number of aryl methyl sites for hydroxylation is 1. The Hall–Kier alpha value is -2.63. The number of halogens is 1. The number of ether oxygens (including phenoxy) is 2. The van der Waals surface area contributed by atoms with Crippen molar-refractivity contribution in [3.63, 3.8) is 0 Å². The van der Waals surface area contributed by atoms with Crippen molar-refractivity contribution in [3.05, 3.63) is 70.3 Å². The zero-order valence-electron chi connectivity index (χ0n) is 31.6. The van der Waals surface area contributed by atoms with Crippen LogP contribution in [0.2, 0.25) is 5.02 Å². The molecule has 5 aliphatic rings. The van der Waals surface area contributed by atoms with E-state index in [9.17, 15) is 13.2 Å². The molecule has 3 heterocycles. The summed E-state index contributed by atoms with van der Waals surface area (Å²) in [7, 11) is 0.110. The minimum Gasteiger partial charge on any atom is -0.490 e. The quantitative estimate of drug-likeness (QED) is 0.365. The van der Waals surface area contributed by atoms with Crippen molar-refractivity contribution in [1.82, 2.24) is 14.5 Å². The maximum atomic E-state index is 13.6. The van der Waals surface area contributed by atoms with Gasteiger partial charge in [-0.15, -0.1) is 0 Å². The minimum absolute atomic E-state index is 0.209. The van der Waals surface area contributed by atoms with E-state index in [2.05, 4.69) is 57.7 Å². The molecule has 0 aromatic heterocycles. The average molecular weight is 753 g/mol. The third kappa shape index (κ3) is 7.27. The third-order valence-corrected chi connectivity index (χ3v) is 15.5. The standard InChI is InChI=1S/C41H57ClN4O5S/c1-28-8-6-17-41(50-5,18-19-45-21-20-44(4)24-29(45)2)36-13-10-33(36)25-46-26-40(16-7-9-31-22-34(42)12-14-35(31)40)27-51-38-15-11-32(23-37(38)46)39(47)43-52(48,49)30(28)3/h6,11-12,14-15,17,22-23,28-30,33,36H,7-10,13,16,18-21,24-27H2,1-5H3,(H,43,47)/b17-6+/t28-,29+,30+,33-,36+,40-,41+/m0/s1.